The van der Waals surface area contributed by atoms with E-state index in [0.717, 1.165) is 19.6 Å². The summed E-state index contributed by atoms with van der Waals surface area (Å²) in [5.41, 5.74) is 0. The van der Waals surface area contributed by atoms with Gasteiger partial charge in [0, 0.05) is 24.7 Å². The van der Waals surface area contributed by atoms with Crippen LogP contribution in [0.5, 0.6) is 0 Å². The highest BCUT2D eigenvalue weighted by Gasteiger charge is 2.43. The largest absolute Gasteiger partial charge is 0.389 e. The van der Waals surface area contributed by atoms with Gasteiger partial charge in [0.1, 0.15) is 0 Å². The monoisotopic (exact) mass is 515 g/mol. The Kier molecular flexibility index (Phi) is 8.84. The molecule has 3 fully saturated rings. The molecule has 11 heteroatoms. The normalized spacial score (nSPS) is 29.2. The molecule has 4 atom stereocenters. The first kappa shape index (κ1) is 25.8. The van der Waals surface area contributed by atoms with Crippen LogP contribution in [0.25, 0.3) is 0 Å². The Labute approximate surface area is 206 Å². The minimum Gasteiger partial charge on any atom is -0.389 e. The number of likely N-dealkylation sites (tertiary alicyclic amines) is 1. The van der Waals surface area contributed by atoms with Gasteiger partial charge in [-0.25, -0.2) is 8.42 Å². The number of carbonyl (C=O) groups is 1. The van der Waals surface area contributed by atoms with Crippen LogP contribution in [0.4, 0.5) is 0 Å². The molecular formula is C23H34ClN3O6S. The van der Waals surface area contributed by atoms with Gasteiger partial charge in [-0.1, -0.05) is 11.6 Å². The highest BCUT2D eigenvalue weighted by Crippen LogP contribution is 2.31. The van der Waals surface area contributed by atoms with E-state index in [-0.39, 0.29) is 43.1 Å². The molecule has 0 aliphatic carbocycles. The van der Waals surface area contributed by atoms with Crippen molar-refractivity contribution in [2.24, 2.45) is 0 Å². The van der Waals surface area contributed by atoms with E-state index in [1.165, 1.54) is 41.4 Å². The molecule has 34 heavy (non-hydrogen) atoms. The summed E-state index contributed by atoms with van der Waals surface area (Å²) in [4.78, 5) is 14.9. The van der Waals surface area contributed by atoms with Crippen LogP contribution in [0.3, 0.4) is 0 Å². The summed E-state index contributed by atoms with van der Waals surface area (Å²) in [6, 6.07) is 5.50. The fourth-order valence-corrected chi connectivity index (χ4v) is 6.79. The first-order valence-corrected chi connectivity index (χ1v) is 13.8. The maximum absolute atomic E-state index is 13.5. The Hall–Kier alpha value is -1.27. The van der Waals surface area contributed by atoms with Gasteiger partial charge in [0.2, 0.25) is 15.9 Å². The molecule has 1 aromatic carbocycles. The third kappa shape index (κ3) is 6.48. The van der Waals surface area contributed by atoms with E-state index in [1.54, 1.807) is 0 Å². The van der Waals surface area contributed by atoms with E-state index in [4.69, 9.17) is 21.1 Å². The van der Waals surface area contributed by atoms with Crippen molar-refractivity contribution in [3.05, 3.63) is 29.3 Å². The lowest BCUT2D eigenvalue weighted by atomic mass is 9.96. The van der Waals surface area contributed by atoms with Crippen LogP contribution in [0.2, 0.25) is 5.02 Å². The van der Waals surface area contributed by atoms with Gasteiger partial charge in [-0.15, -0.1) is 0 Å². The summed E-state index contributed by atoms with van der Waals surface area (Å²) in [6.07, 6.45) is 1.96. The summed E-state index contributed by atoms with van der Waals surface area (Å²) < 4.78 is 40.0. The predicted molar refractivity (Wildman–Crippen MR) is 127 cm³/mol. The number of benzene rings is 1. The number of fused-ring (bicyclic) bond motifs is 1. The Balaban J connectivity index is 1.38. The molecular weight excluding hydrogens is 482 g/mol. The number of ether oxygens (including phenoxy) is 2. The lowest BCUT2D eigenvalue weighted by molar-refractivity contribution is -0.146. The number of β-amino-alcohol motifs (C(OH)–C–C–N with tert-alkyl or cyclic N) is 1. The van der Waals surface area contributed by atoms with Gasteiger partial charge in [0.05, 0.1) is 48.9 Å². The summed E-state index contributed by atoms with van der Waals surface area (Å²) in [6.45, 7) is 3.74. The summed E-state index contributed by atoms with van der Waals surface area (Å²) in [5, 5.41) is 13.7. The molecule has 0 spiro atoms. The maximum atomic E-state index is 13.5. The second-order valence-electron chi connectivity index (χ2n) is 9.26. The Morgan fingerprint density at radius 2 is 1.88 bits per heavy atom. The van der Waals surface area contributed by atoms with E-state index in [1.807, 2.05) is 0 Å². The van der Waals surface area contributed by atoms with Crippen LogP contribution in [0.1, 0.15) is 32.1 Å². The molecule has 0 saturated carbocycles. The number of aliphatic hydroxyl groups is 1. The van der Waals surface area contributed by atoms with E-state index < -0.39 is 28.3 Å². The molecule has 0 unspecified atom stereocenters. The second kappa shape index (κ2) is 11.6. The van der Waals surface area contributed by atoms with Gasteiger partial charge in [-0.2, -0.15) is 4.31 Å². The molecule has 3 aliphatic heterocycles. The first-order chi connectivity index (χ1) is 16.3. The smallest absolute Gasteiger partial charge is 0.243 e. The van der Waals surface area contributed by atoms with Gasteiger partial charge >= 0.3 is 0 Å². The minimum atomic E-state index is -3.89. The van der Waals surface area contributed by atoms with E-state index >= 15 is 0 Å². The van der Waals surface area contributed by atoms with Crippen LogP contribution in [-0.2, 0) is 24.3 Å². The molecule has 3 saturated heterocycles. The lowest BCUT2D eigenvalue weighted by Gasteiger charge is -2.43. The zero-order valence-electron chi connectivity index (χ0n) is 19.3. The van der Waals surface area contributed by atoms with Crippen LogP contribution < -0.4 is 5.32 Å². The van der Waals surface area contributed by atoms with E-state index in [2.05, 4.69) is 10.2 Å². The van der Waals surface area contributed by atoms with Crippen LogP contribution >= 0.6 is 11.6 Å². The standard InChI is InChI=1S/C23H34ClN3O6S/c24-17-3-6-20(7-4-17)34(30,31)27-14-18(28)15-32-16-22-21(27)8-5-19(33-22)13-23(29)25-9-12-26-10-1-2-11-26/h3-4,6-7,18-19,21-22,28H,1-2,5,8-16H2,(H,25,29)/t18-,19+,21+,22-/m0/s1. The zero-order chi connectivity index (χ0) is 24.1. The molecule has 0 radical (unpaired) electrons. The van der Waals surface area contributed by atoms with Crippen molar-refractivity contribution in [3.8, 4) is 0 Å². The van der Waals surface area contributed by atoms with Crippen molar-refractivity contribution in [1.29, 1.82) is 0 Å². The SMILES string of the molecule is O=C(C[C@H]1CC[C@@H]2[C@H](COC[C@@H](O)CN2S(=O)(=O)c2ccc(Cl)cc2)O1)NCCN1CCCC1. The molecule has 1 aromatic rings. The maximum Gasteiger partial charge on any atom is 0.243 e. The van der Waals surface area contributed by atoms with Crippen molar-refractivity contribution in [2.75, 3.05) is 45.9 Å². The Morgan fingerprint density at radius 1 is 1.15 bits per heavy atom. The molecule has 3 aliphatic rings. The average molecular weight is 516 g/mol. The quantitative estimate of drug-likeness (QED) is 0.562. The fourth-order valence-electron chi connectivity index (χ4n) is 4.95. The van der Waals surface area contributed by atoms with Crippen LogP contribution in [-0.4, -0.2) is 98.9 Å². The Bertz CT molecular complexity index is 925. The highest BCUT2D eigenvalue weighted by atomic mass is 35.5. The summed E-state index contributed by atoms with van der Waals surface area (Å²) in [5.74, 6) is -0.0597. The van der Waals surface area contributed by atoms with Gasteiger partial charge in [0.25, 0.3) is 0 Å². The number of aliphatic hydroxyl groups excluding tert-OH is 1. The molecule has 0 bridgehead atoms. The van der Waals surface area contributed by atoms with Gasteiger partial charge < -0.3 is 24.8 Å². The number of sulfonamides is 1. The van der Waals surface area contributed by atoms with Crippen LogP contribution in [0, 0.1) is 0 Å². The van der Waals surface area contributed by atoms with Gasteiger partial charge in [-0.3, -0.25) is 4.79 Å². The minimum absolute atomic E-state index is 0.0148. The zero-order valence-corrected chi connectivity index (χ0v) is 20.8. The van der Waals surface area contributed by atoms with Crippen molar-refractivity contribution in [1.82, 2.24) is 14.5 Å². The molecule has 0 aromatic heterocycles. The number of amides is 1. The van der Waals surface area contributed by atoms with E-state index in [9.17, 15) is 18.3 Å². The van der Waals surface area contributed by atoms with Crippen molar-refractivity contribution in [3.63, 3.8) is 0 Å². The number of nitrogens with one attached hydrogen (secondary N) is 1. The lowest BCUT2D eigenvalue weighted by Crippen LogP contribution is -2.57. The number of halogens is 1. The topological polar surface area (TPSA) is 108 Å². The number of nitrogens with zero attached hydrogens (tertiary/aromatic N) is 2. The van der Waals surface area contributed by atoms with Gasteiger partial charge in [0.15, 0.2) is 0 Å². The van der Waals surface area contributed by atoms with Gasteiger partial charge in [-0.05, 0) is 63.0 Å². The number of carbonyl (C=O) groups excluding carboxylic acids is 1. The molecule has 4 rings (SSSR count). The van der Waals surface area contributed by atoms with Crippen LogP contribution in [0.15, 0.2) is 29.2 Å². The predicted octanol–water partition coefficient (Wildman–Crippen LogP) is 1.24. The fraction of sp³-hybridized carbons (Fsp3) is 0.696. The van der Waals surface area contributed by atoms with Crippen molar-refractivity contribution < 1.29 is 27.8 Å². The Morgan fingerprint density at radius 3 is 2.62 bits per heavy atom. The van der Waals surface area contributed by atoms with E-state index in [0.29, 0.717) is 24.4 Å². The summed E-state index contributed by atoms with van der Waals surface area (Å²) in [7, 11) is -3.89. The number of rotatable bonds is 7. The molecule has 1 amide bonds. The molecule has 9 nitrogen and oxygen atoms in total. The molecule has 2 N–H and O–H groups in total. The first-order valence-electron chi connectivity index (χ1n) is 12.0. The van der Waals surface area contributed by atoms with Crippen molar-refractivity contribution in [2.45, 2.75) is 61.4 Å². The molecule has 3 heterocycles. The van der Waals surface area contributed by atoms with Crippen molar-refractivity contribution >= 4 is 27.5 Å². The average Bonchev–Trinajstić information content (AvgIpc) is 3.30. The number of hydrogen-bond donors (Lipinski definition) is 2. The summed E-state index contributed by atoms with van der Waals surface area (Å²) >= 11 is 5.93. The number of hydrogen-bond acceptors (Lipinski definition) is 7. The highest BCUT2D eigenvalue weighted by molar-refractivity contribution is 7.89. The third-order valence-corrected chi connectivity index (χ3v) is 8.87. The molecule has 190 valence electrons. The second-order valence-corrected chi connectivity index (χ2v) is 11.6. The third-order valence-electron chi connectivity index (χ3n) is 6.72.